The molecule has 0 fully saturated rings. The SMILES string of the molecule is Cc1nn(C)c(C)c1/C=C/C(=O)O[C@H](C)C(=O)c1ccc(F)cc1. The minimum Gasteiger partial charge on any atom is -0.451 e. The van der Waals surface area contributed by atoms with Crippen molar-refractivity contribution >= 4 is 17.8 Å². The molecule has 0 amide bonds. The van der Waals surface area contributed by atoms with Gasteiger partial charge in [0.25, 0.3) is 0 Å². The molecule has 0 bridgehead atoms. The summed E-state index contributed by atoms with van der Waals surface area (Å²) >= 11 is 0. The number of hydrogen-bond acceptors (Lipinski definition) is 4. The van der Waals surface area contributed by atoms with Crippen molar-refractivity contribution in [3.63, 3.8) is 0 Å². The lowest BCUT2D eigenvalue weighted by Crippen LogP contribution is -2.23. The van der Waals surface area contributed by atoms with Gasteiger partial charge in [0.1, 0.15) is 5.82 Å². The summed E-state index contributed by atoms with van der Waals surface area (Å²) in [4.78, 5) is 24.0. The van der Waals surface area contributed by atoms with Crippen molar-refractivity contribution in [2.45, 2.75) is 26.9 Å². The van der Waals surface area contributed by atoms with Gasteiger partial charge in [-0.1, -0.05) is 0 Å². The van der Waals surface area contributed by atoms with E-state index in [-0.39, 0.29) is 5.78 Å². The van der Waals surface area contributed by atoms with E-state index >= 15 is 0 Å². The summed E-state index contributed by atoms with van der Waals surface area (Å²) in [6, 6.07) is 5.10. The molecule has 0 unspecified atom stereocenters. The van der Waals surface area contributed by atoms with Gasteiger partial charge in [0.15, 0.2) is 6.10 Å². The van der Waals surface area contributed by atoms with E-state index in [2.05, 4.69) is 5.10 Å². The fourth-order valence-corrected chi connectivity index (χ4v) is 2.30. The molecule has 2 rings (SSSR count). The van der Waals surface area contributed by atoms with Crippen LogP contribution in [0, 0.1) is 19.7 Å². The molecule has 126 valence electrons. The zero-order valence-electron chi connectivity index (χ0n) is 14.0. The zero-order chi connectivity index (χ0) is 17.9. The van der Waals surface area contributed by atoms with Gasteiger partial charge in [-0.2, -0.15) is 5.10 Å². The summed E-state index contributed by atoms with van der Waals surface area (Å²) in [5, 5.41) is 4.25. The molecule has 0 saturated heterocycles. The number of nitrogens with zero attached hydrogens (tertiary/aromatic N) is 2. The monoisotopic (exact) mass is 330 g/mol. The highest BCUT2D eigenvalue weighted by Crippen LogP contribution is 2.14. The maximum atomic E-state index is 12.9. The Morgan fingerprint density at radius 2 is 1.88 bits per heavy atom. The molecule has 0 aliphatic carbocycles. The summed E-state index contributed by atoms with van der Waals surface area (Å²) in [5.74, 6) is -1.44. The van der Waals surface area contributed by atoms with Crippen molar-refractivity contribution in [2.75, 3.05) is 0 Å². The van der Waals surface area contributed by atoms with Gasteiger partial charge in [0.05, 0.1) is 5.69 Å². The minimum absolute atomic E-state index is 0.291. The second-order valence-corrected chi connectivity index (χ2v) is 5.49. The highest BCUT2D eigenvalue weighted by atomic mass is 19.1. The number of ketones is 1. The van der Waals surface area contributed by atoms with Crippen molar-refractivity contribution in [3.8, 4) is 0 Å². The van der Waals surface area contributed by atoms with Crippen LogP contribution in [-0.4, -0.2) is 27.6 Å². The Balaban J connectivity index is 2.02. The molecule has 24 heavy (non-hydrogen) atoms. The number of carbonyl (C=O) groups excluding carboxylic acids is 2. The van der Waals surface area contributed by atoms with Crippen LogP contribution in [0.2, 0.25) is 0 Å². The topological polar surface area (TPSA) is 61.2 Å². The summed E-state index contributed by atoms with van der Waals surface area (Å²) in [7, 11) is 1.82. The second kappa shape index (κ2) is 7.21. The molecule has 0 radical (unpaired) electrons. The minimum atomic E-state index is -0.955. The largest absolute Gasteiger partial charge is 0.451 e. The van der Waals surface area contributed by atoms with Crippen LogP contribution in [0.1, 0.15) is 34.2 Å². The molecule has 0 aliphatic rings. The van der Waals surface area contributed by atoms with Crippen LogP contribution in [0.25, 0.3) is 6.08 Å². The number of carbonyl (C=O) groups is 2. The number of benzene rings is 1. The van der Waals surface area contributed by atoms with Crippen molar-refractivity contribution in [1.29, 1.82) is 0 Å². The van der Waals surface area contributed by atoms with Crippen LogP contribution in [0.15, 0.2) is 30.3 Å². The first-order valence-corrected chi connectivity index (χ1v) is 7.48. The highest BCUT2D eigenvalue weighted by molar-refractivity contribution is 6.01. The molecule has 0 N–H and O–H groups in total. The lowest BCUT2D eigenvalue weighted by Gasteiger charge is -2.10. The lowest BCUT2D eigenvalue weighted by atomic mass is 10.1. The average molecular weight is 330 g/mol. The Morgan fingerprint density at radius 1 is 1.25 bits per heavy atom. The maximum absolute atomic E-state index is 12.9. The van der Waals surface area contributed by atoms with Gasteiger partial charge in [0.2, 0.25) is 5.78 Å². The van der Waals surface area contributed by atoms with Crippen molar-refractivity contribution in [1.82, 2.24) is 9.78 Å². The number of rotatable bonds is 5. The molecule has 1 heterocycles. The van der Waals surface area contributed by atoms with E-state index in [1.807, 2.05) is 20.9 Å². The summed E-state index contributed by atoms with van der Waals surface area (Å²) in [5.41, 5.74) is 2.85. The van der Waals surface area contributed by atoms with E-state index < -0.39 is 17.9 Å². The third-order valence-corrected chi connectivity index (χ3v) is 3.74. The number of ether oxygens (including phenoxy) is 1. The maximum Gasteiger partial charge on any atom is 0.331 e. The van der Waals surface area contributed by atoms with E-state index in [0.717, 1.165) is 17.0 Å². The predicted octanol–water partition coefficient (Wildman–Crippen LogP) is 3.00. The third-order valence-electron chi connectivity index (χ3n) is 3.74. The fraction of sp³-hybridized carbons (Fsp3) is 0.278. The van der Waals surface area contributed by atoms with Crippen LogP contribution < -0.4 is 0 Å². The normalized spacial score (nSPS) is 12.4. The van der Waals surface area contributed by atoms with Crippen LogP contribution >= 0.6 is 0 Å². The van der Waals surface area contributed by atoms with Crippen molar-refractivity contribution in [3.05, 3.63) is 58.7 Å². The Morgan fingerprint density at radius 3 is 2.42 bits per heavy atom. The quantitative estimate of drug-likeness (QED) is 0.480. The van der Waals surface area contributed by atoms with E-state index in [1.165, 1.54) is 37.3 Å². The lowest BCUT2D eigenvalue weighted by molar-refractivity contribution is -0.140. The predicted molar refractivity (Wildman–Crippen MR) is 88.0 cm³/mol. The molecule has 0 aliphatic heterocycles. The first-order chi connectivity index (χ1) is 11.3. The number of Topliss-reactive ketones (excluding diaryl/α,β-unsaturated/α-hetero) is 1. The molecule has 6 heteroatoms. The molecule has 1 aromatic heterocycles. The Kier molecular flexibility index (Phi) is 5.28. The number of esters is 1. The van der Waals surface area contributed by atoms with Crippen LogP contribution in [-0.2, 0) is 16.6 Å². The molecular formula is C18H19FN2O3. The summed E-state index contributed by atoms with van der Waals surface area (Å²) < 4.78 is 19.7. The molecule has 0 spiro atoms. The van der Waals surface area contributed by atoms with Crippen LogP contribution in [0.5, 0.6) is 0 Å². The standard InChI is InChI=1S/C18H19FN2O3/c1-11-16(12(2)21(4)20-11)9-10-17(22)24-13(3)18(23)14-5-7-15(19)8-6-14/h5-10,13H,1-4H3/b10-9+/t13-/m1/s1. The molecule has 1 atom stereocenters. The zero-order valence-corrected chi connectivity index (χ0v) is 14.0. The van der Waals surface area contributed by atoms with Gasteiger partial charge in [-0.05, 0) is 51.1 Å². The second-order valence-electron chi connectivity index (χ2n) is 5.49. The van der Waals surface area contributed by atoms with Crippen LogP contribution in [0.3, 0.4) is 0 Å². The first kappa shape index (κ1) is 17.6. The van der Waals surface area contributed by atoms with E-state index in [4.69, 9.17) is 4.74 Å². The summed E-state index contributed by atoms with van der Waals surface area (Å²) in [6.07, 6.45) is 1.93. The van der Waals surface area contributed by atoms with E-state index in [0.29, 0.717) is 5.56 Å². The third kappa shape index (κ3) is 3.95. The molecule has 0 saturated carbocycles. The fourth-order valence-electron chi connectivity index (χ4n) is 2.30. The smallest absolute Gasteiger partial charge is 0.331 e. The van der Waals surface area contributed by atoms with Gasteiger partial charge in [0, 0.05) is 29.9 Å². The summed E-state index contributed by atoms with van der Waals surface area (Å²) in [6.45, 7) is 5.22. The number of aromatic nitrogens is 2. The molecule has 5 nitrogen and oxygen atoms in total. The molecule has 1 aromatic carbocycles. The van der Waals surface area contributed by atoms with Crippen molar-refractivity contribution < 1.29 is 18.7 Å². The van der Waals surface area contributed by atoms with Gasteiger partial charge < -0.3 is 4.74 Å². The van der Waals surface area contributed by atoms with Gasteiger partial charge >= 0.3 is 5.97 Å². The Labute approximate surface area is 139 Å². The number of hydrogen-bond donors (Lipinski definition) is 0. The average Bonchev–Trinajstić information content (AvgIpc) is 2.78. The first-order valence-electron chi connectivity index (χ1n) is 7.48. The molecule has 2 aromatic rings. The van der Waals surface area contributed by atoms with Gasteiger partial charge in [-0.3, -0.25) is 9.48 Å². The van der Waals surface area contributed by atoms with Crippen LogP contribution in [0.4, 0.5) is 4.39 Å². The highest BCUT2D eigenvalue weighted by Gasteiger charge is 2.18. The number of aryl methyl sites for hydroxylation is 2. The Hall–Kier alpha value is -2.76. The Bertz CT molecular complexity index is 791. The van der Waals surface area contributed by atoms with Gasteiger partial charge in [-0.25, -0.2) is 9.18 Å². The van der Waals surface area contributed by atoms with E-state index in [1.54, 1.807) is 10.8 Å². The van der Waals surface area contributed by atoms with Crippen molar-refractivity contribution in [2.24, 2.45) is 7.05 Å². The van der Waals surface area contributed by atoms with Gasteiger partial charge in [-0.15, -0.1) is 0 Å². The molecular weight excluding hydrogens is 311 g/mol. The number of halogens is 1. The van der Waals surface area contributed by atoms with E-state index in [9.17, 15) is 14.0 Å².